The summed E-state index contributed by atoms with van der Waals surface area (Å²) >= 11 is 0. The molecule has 2 aliphatic rings. The van der Waals surface area contributed by atoms with E-state index < -0.39 is 86.7 Å². The van der Waals surface area contributed by atoms with Crippen LogP contribution in [0, 0.1) is 0 Å². The molecule has 72 heavy (non-hydrogen) atoms. The van der Waals surface area contributed by atoms with Crippen molar-refractivity contribution < 1.29 is 69.0 Å². The summed E-state index contributed by atoms with van der Waals surface area (Å²) in [6.45, 7) is 3.46. The Morgan fingerprint density at radius 1 is 0.472 bits per heavy atom. The van der Waals surface area contributed by atoms with Gasteiger partial charge in [0.25, 0.3) is 0 Å². The van der Waals surface area contributed by atoms with E-state index in [-0.39, 0.29) is 19.6 Å². The molecule has 414 valence electrons. The van der Waals surface area contributed by atoms with Gasteiger partial charge in [0, 0.05) is 13.0 Å². The SMILES string of the molecule is CC/C=C\C/C=C\C/C=C\C/C=C\C/C=C\C/C=C\CCC(=O)OC(COCCCCCCCCCC/C=C\CCCCCCCCC)COC1OC(COC2OC(CO)C(O)C(O)C2O)C(O)C(O)C1O. The Bertz CT molecular complexity index is 1510. The van der Waals surface area contributed by atoms with Gasteiger partial charge in [0.15, 0.2) is 12.6 Å². The molecule has 2 saturated heterocycles. The topological polar surface area (TPSA) is 214 Å². The summed E-state index contributed by atoms with van der Waals surface area (Å²) in [6.07, 6.45) is 40.8. The molecule has 11 atom stereocenters. The lowest BCUT2D eigenvalue weighted by molar-refractivity contribution is -0.332. The number of allylic oxidation sites excluding steroid dienone is 14. The highest BCUT2D eigenvalue weighted by Gasteiger charge is 2.47. The van der Waals surface area contributed by atoms with Crippen LogP contribution in [-0.4, -0.2) is 142 Å². The number of hydrogen-bond donors (Lipinski definition) is 7. The summed E-state index contributed by atoms with van der Waals surface area (Å²) in [6, 6.07) is 0. The molecular weight excluding hydrogens is 921 g/mol. The predicted molar refractivity (Wildman–Crippen MR) is 284 cm³/mol. The number of unbranched alkanes of at least 4 members (excludes halogenated alkanes) is 15. The number of ether oxygens (including phenoxy) is 6. The van der Waals surface area contributed by atoms with E-state index in [0.29, 0.717) is 13.0 Å². The van der Waals surface area contributed by atoms with E-state index >= 15 is 0 Å². The van der Waals surface area contributed by atoms with Gasteiger partial charge in [-0.3, -0.25) is 4.79 Å². The highest BCUT2D eigenvalue weighted by atomic mass is 16.7. The Kier molecular flexibility index (Phi) is 40.3. The first-order valence-electron chi connectivity index (χ1n) is 27.7. The molecular formula is C58H98O14. The number of rotatable bonds is 43. The fourth-order valence-corrected chi connectivity index (χ4v) is 8.19. The van der Waals surface area contributed by atoms with Gasteiger partial charge >= 0.3 is 5.97 Å². The Balaban J connectivity index is 1.78. The van der Waals surface area contributed by atoms with Gasteiger partial charge in [-0.05, 0) is 77.0 Å². The molecule has 2 rings (SSSR count). The van der Waals surface area contributed by atoms with Crippen molar-refractivity contribution >= 4 is 5.97 Å². The largest absolute Gasteiger partial charge is 0.457 e. The average molecular weight is 1020 g/mol. The van der Waals surface area contributed by atoms with E-state index in [4.69, 9.17) is 28.4 Å². The first-order valence-corrected chi connectivity index (χ1v) is 27.7. The van der Waals surface area contributed by atoms with Crippen LogP contribution in [0.5, 0.6) is 0 Å². The third kappa shape index (κ3) is 31.1. The third-order valence-corrected chi connectivity index (χ3v) is 12.7. The van der Waals surface area contributed by atoms with Gasteiger partial charge in [-0.2, -0.15) is 0 Å². The Labute approximate surface area is 433 Å². The van der Waals surface area contributed by atoms with Crippen molar-refractivity contribution in [3.05, 3.63) is 85.1 Å². The zero-order valence-corrected chi connectivity index (χ0v) is 44.1. The van der Waals surface area contributed by atoms with Crippen LogP contribution in [0.3, 0.4) is 0 Å². The lowest BCUT2D eigenvalue weighted by Gasteiger charge is -2.42. The van der Waals surface area contributed by atoms with Gasteiger partial charge in [0.1, 0.15) is 54.9 Å². The Morgan fingerprint density at radius 2 is 0.903 bits per heavy atom. The van der Waals surface area contributed by atoms with Crippen molar-refractivity contribution in [1.82, 2.24) is 0 Å². The molecule has 0 aromatic heterocycles. The van der Waals surface area contributed by atoms with Gasteiger partial charge in [-0.15, -0.1) is 0 Å². The molecule has 14 nitrogen and oxygen atoms in total. The molecule has 0 saturated carbocycles. The van der Waals surface area contributed by atoms with E-state index in [9.17, 15) is 40.5 Å². The fourth-order valence-electron chi connectivity index (χ4n) is 8.19. The summed E-state index contributed by atoms with van der Waals surface area (Å²) in [4.78, 5) is 13.0. The summed E-state index contributed by atoms with van der Waals surface area (Å²) < 4.78 is 34.2. The van der Waals surface area contributed by atoms with Crippen molar-refractivity contribution in [3.63, 3.8) is 0 Å². The smallest absolute Gasteiger partial charge is 0.306 e. The molecule has 0 spiro atoms. The highest BCUT2D eigenvalue weighted by Crippen LogP contribution is 2.26. The average Bonchev–Trinajstić information content (AvgIpc) is 3.38. The first kappa shape index (κ1) is 65.3. The van der Waals surface area contributed by atoms with Crippen molar-refractivity contribution in [3.8, 4) is 0 Å². The Morgan fingerprint density at radius 3 is 1.42 bits per heavy atom. The molecule has 0 aromatic carbocycles. The molecule has 0 amide bonds. The number of esters is 1. The van der Waals surface area contributed by atoms with Crippen LogP contribution in [0.1, 0.15) is 174 Å². The molecule has 0 bridgehead atoms. The van der Waals surface area contributed by atoms with Crippen LogP contribution in [0.25, 0.3) is 0 Å². The second kappa shape index (κ2) is 44.5. The van der Waals surface area contributed by atoms with Gasteiger partial charge in [-0.1, -0.05) is 176 Å². The van der Waals surface area contributed by atoms with Gasteiger partial charge in [0.2, 0.25) is 0 Å². The van der Waals surface area contributed by atoms with Crippen LogP contribution in [0.4, 0.5) is 0 Å². The molecule has 2 aliphatic heterocycles. The number of aliphatic hydroxyl groups excluding tert-OH is 7. The predicted octanol–water partition coefficient (Wildman–Crippen LogP) is 9.24. The van der Waals surface area contributed by atoms with Gasteiger partial charge in [-0.25, -0.2) is 0 Å². The first-order chi connectivity index (χ1) is 35.1. The third-order valence-electron chi connectivity index (χ3n) is 12.7. The second-order valence-corrected chi connectivity index (χ2v) is 19.0. The van der Waals surface area contributed by atoms with Gasteiger partial charge in [0.05, 0.1) is 26.4 Å². The van der Waals surface area contributed by atoms with Gasteiger partial charge < -0.3 is 64.2 Å². The fraction of sp³-hybridized carbons (Fsp3) is 0.741. The van der Waals surface area contributed by atoms with Crippen molar-refractivity contribution in [2.24, 2.45) is 0 Å². The van der Waals surface area contributed by atoms with E-state index in [1.807, 2.05) is 12.2 Å². The molecule has 0 radical (unpaired) electrons. The van der Waals surface area contributed by atoms with Crippen LogP contribution in [-0.2, 0) is 33.2 Å². The number of carbonyl (C=O) groups is 1. The van der Waals surface area contributed by atoms with E-state index in [0.717, 1.165) is 57.8 Å². The second-order valence-electron chi connectivity index (χ2n) is 19.0. The lowest BCUT2D eigenvalue weighted by Crippen LogP contribution is -2.61. The van der Waals surface area contributed by atoms with Crippen molar-refractivity contribution in [2.45, 2.75) is 242 Å². The zero-order chi connectivity index (χ0) is 52.3. The van der Waals surface area contributed by atoms with E-state index in [1.165, 1.54) is 89.9 Å². The normalized spacial score (nSPS) is 25.8. The van der Waals surface area contributed by atoms with Crippen LogP contribution in [0.15, 0.2) is 85.1 Å². The van der Waals surface area contributed by atoms with Crippen molar-refractivity contribution in [2.75, 3.05) is 33.0 Å². The standard InChI is InChI=1S/C58H98O14/c1-3-5-7-9-11-13-15-17-19-21-23-25-27-29-31-33-35-37-39-41-50(60)70-47(44-67-42-40-38-36-34-32-30-28-26-24-22-20-18-16-14-12-10-8-6-4-2)45-68-57-56(66)54(64)52(62)49(72-57)46-69-58-55(65)53(63)51(61)48(43-59)71-58/h5,7,11,13,17,19-20,22-23,25,29,31,35,37,47-49,51-59,61-66H,3-4,6,8-10,12,14-16,18,21,24,26-28,30,32-34,36,38-46H2,1-2H3/b7-5-,13-11-,19-17-,22-20-,25-23-,31-29-,37-35-. The number of carbonyl (C=O) groups excluding carboxylic acids is 1. The summed E-state index contributed by atoms with van der Waals surface area (Å²) in [5, 5.41) is 72.2. The highest BCUT2D eigenvalue weighted by molar-refractivity contribution is 5.69. The maximum atomic E-state index is 13.0. The molecule has 2 fully saturated rings. The summed E-state index contributed by atoms with van der Waals surface area (Å²) in [7, 11) is 0. The molecule has 2 heterocycles. The minimum absolute atomic E-state index is 0.0246. The molecule has 11 unspecified atom stereocenters. The quantitative estimate of drug-likeness (QED) is 0.0172. The summed E-state index contributed by atoms with van der Waals surface area (Å²) in [5.74, 6) is -0.461. The minimum Gasteiger partial charge on any atom is -0.457 e. The molecule has 7 N–H and O–H groups in total. The molecule has 0 aliphatic carbocycles. The van der Waals surface area contributed by atoms with E-state index in [1.54, 1.807) is 0 Å². The maximum absolute atomic E-state index is 13.0. The van der Waals surface area contributed by atoms with Crippen LogP contribution < -0.4 is 0 Å². The maximum Gasteiger partial charge on any atom is 0.306 e. The molecule has 0 aromatic rings. The van der Waals surface area contributed by atoms with Crippen LogP contribution >= 0.6 is 0 Å². The number of aliphatic hydroxyl groups is 7. The van der Waals surface area contributed by atoms with E-state index in [2.05, 4.69) is 86.8 Å². The van der Waals surface area contributed by atoms with Crippen molar-refractivity contribution in [1.29, 1.82) is 0 Å². The summed E-state index contributed by atoms with van der Waals surface area (Å²) in [5.41, 5.74) is 0. The zero-order valence-electron chi connectivity index (χ0n) is 44.1. The lowest BCUT2D eigenvalue weighted by atomic mass is 9.98. The van der Waals surface area contributed by atoms with Crippen LogP contribution in [0.2, 0.25) is 0 Å². The minimum atomic E-state index is -1.72. The molecule has 14 heteroatoms. The monoisotopic (exact) mass is 1020 g/mol. The Hall–Kier alpha value is -2.83. The number of hydrogen-bond acceptors (Lipinski definition) is 14.